The molecule has 3 nitrogen and oxygen atoms in total. The predicted octanol–water partition coefficient (Wildman–Crippen LogP) is 3.89. The average molecular weight is 288 g/mol. The molecule has 0 fully saturated rings. The molecule has 0 aliphatic heterocycles. The largest absolute Gasteiger partial charge is 0.348 e. The Morgan fingerprint density at radius 1 is 1.20 bits per heavy atom. The smallest absolute Gasteiger partial charge is 0.270 e. The molecule has 1 aromatic heterocycles. The SMILES string of the molecule is Cc1ccc(-c2nc(C(=O)NC(C)C(C)C)cs2)cc1. The molecule has 0 saturated carbocycles. The highest BCUT2D eigenvalue weighted by Crippen LogP contribution is 2.24. The summed E-state index contributed by atoms with van der Waals surface area (Å²) >= 11 is 1.50. The molecule has 0 bridgehead atoms. The number of hydrogen-bond donors (Lipinski definition) is 1. The van der Waals surface area contributed by atoms with Gasteiger partial charge in [-0.15, -0.1) is 11.3 Å². The molecule has 106 valence electrons. The number of nitrogens with zero attached hydrogens (tertiary/aromatic N) is 1. The summed E-state index contributed by atoms with van der Waals surface area (Å²) in [6.07, 6.45) is 0. The van der Waals surface area contributed by atoms with E-state index in [2.05, 4.69) is 43.2 Å². The van der Waals surface area contributed by atoms with E-state index < -0.39 is 0 Å². The molecule has 1 aromatic carbocycles. The van der Waals surface area contributed by atoms with E-state index in [-0.39, 0.29) is 11.9 Å². The van der Waals surface area contributed by atoms with Crippen molar-refractivity contribution in [3.8, 4) is 10.6 Å². The van der Waals surface area contributed by atoms with Crippen LogP contribution in [0, 0.1) is 12.8 Å². The van der Waals surface area contributed by atoms with Crippen molar-refractivity contribution in [3.63, 3.8) is 0 Å². The number of benzene rings is 1. The Hall–Kier alpha value is -1.68. The van der Waals surface area contributed by atoms with Crippen LogP contribution in [0.25, 0.3) is 10.6 Å². The fourth-order valence-electron chi connectivity index (χ4n) is 1.65. The van der Waals surface area contributed by atoms with Crippen LogP contribution in [0.3, 0.4) is 0 Å². The van der Waals surface area contributed by atoms with E-state index in [0.29, 0.717) is 11.6 Å². The first-order valence-electron chi connectivity index (χ1n) is 6.81. The van der Waals surface area contributed by atoms with Gasteiger partial charge in [0.2, 0.25) is 0 Å². The van der Waals surface area contributed by atoms with Crippen LogP contribution in [0.15, 0.2) is 29.6 Å². The highest BCUT2D eigenvalue weighted by molar-refractivity contribution is 7.13. The van der Waals surface area contributed by atoms with Crippen molar-refractivity contribution in [1.29, 1.82) is 0 Å². The molecule has 1 N–H and O–H groups in total. The molecule has 1 atom stereocenters. The number of hydrogen-bond acceptors (Lipinski definition) is 3. The number of carbonyl (C=O) groups excluding carboxylic acids is 1. The fraction of sp³-hybridized carbons (Fsp3) is 0.375. The molecule has 1 unspecified atom stereocenters. The summed E-state index contributed by atoms with van der Waals surface area (Å²) in [6.45, 7) is 8.24. The van der Waals surface area contributed by atoms with Crippen LogP contribution in [0.2, 0.25) is 0 Å². The third-order valence-electron chi connectivity index (χ3n) is 3.39. The first-order chi connectivity index (χ1) is 9.47. The second-order valence-electron chi connectivity index (χ2n) is 5.41. The van der Waals surface area contributed by atoms with Crippen LogP contribution in [-0.2, 0) is 0 Å². The van der Waals surface area contributed by atoms with Gasteiger partial charge in [-0.3, -0.25) is 4.79 Å². The summed E-state index contributed by atoms with van der Waals surface area (Å²) in [6, 6.07) is 8.32. The van der Waals surface area contributed by atoms with Crippen LogP contribution in [0.1, 0.15) is 36.8 Å². The van der Waals surface area contributed by atoms with E-state index in [1.54, 1.807) is 0 Å². The summed E-state index contributed by atoms with van der Waals surface area (Å²) < 4.78 is 0. The molecule has 0 radical (unpaired) electrons. The van der Waals surface area contributed by atoms with Crippen molar-refractivity contribution in [1.82, 2.24) is 10.3 Å². The Kier molecular flexibility index (Phi) is 4.55. The minimum Gasteiger partial charge on any atom is -0.348 e. The van der Waals surface area contributed by atoms with Crippen LogP contribution < -0.4 is 5.32 Å². The third-order valence-corrected chi connectivity index (χ3v) is 4.29. The van der Waals surface area contributed by atoms with Gasteiger partial charge in [-0.1, -0.05) is 43.7 Å². The van der Waals surface area contributed by atoms with Crippen molar-refractivity contribution in [2.75, 3.05) is 0 Å². The molecule has 4 heteroatoms. The molecular weight excluding hydrogens is 268 g/mol. The summed E-state index contributed by atoms with van der Waals surface area (Å²) in [5.41, 5.74) is 2.77. The molecule has 20 heavy (non-hydrogen) atoms. The molecule has 0 aliphatic rings. The van der Waals surface area contributed by atoms with Gasteiger partial charge in [0.25, 0.3) is 5.91 Å². The molecule has 0 spiro atoms. The summed E-state index contributed by atoms with van der Waals surface area (Å²) in [4.78, 5) is 16.5. The maximum Gasteiger partial charge on any atom is 0.270 e. The topological polar surface area (TPSA) is 42.0 Å². The Bertz CT molecular complexity index is 587. The molecular formula is C16H20N2OS. The molecule has 2 rings (SSSR count). The molecule has 0 aliphatic carbocycles. The molecule has 1 amide bonds. The number of nitrogens with one attached hydrogen (secondary N) is 1. The van der Waals surface area contributed by atoms with Crippen molar-refractivity contribution >= 4 is 17.2 Å². The van der Waals surface area contributed by atoms with Crippen molar-refractivity contribution in [2.45, 2.75) is 33.7 Å². The van der Waals surface area contributed by atoms with Gasteiger partial charge >= 0.3 is 0 Å². The summed E-state index contributed by atoms with van der Waals surface area (Å²) in [5, 5.41) is 5.67. The molecule has 2 aromatic rings. The Morgan fingerprint density at radius 3 is 2.45 bits per heavy atom. The van der Waals surface area contributed by atoms with Crippen molar-refractivity contribution < 1.29 is 4.79 Å². The van der Waals surface area contributed by atoms with E-state index in [9.17, 15) is 4.79 Å². The molecule has 0 saturated heterocycles. The Morgan fingerprint density at radius 2 is 1.85 bits per heavy atom. The monoisotopic (exact) mass is 288 g/mol. The van der Waals surface area contributed by atoms with E-state index in [4.69, 9.17) is 0 Å². The van der Waals surface area contributed by atoms with Gasteiger partial charge in [-0.2, -0.15) is 0 Å². The standard InChI is InChI=1S/C16H20N2OS/c1-10(2)12(4)17-15(19)14-9-20-16(18-14)13-7-5-11(3)6-8-13/h5-10,12H,1-4H3,(H,17,19). The second kappa shape index (κ2) is 6.18. The molecule has 1 heterocycles. The first kappa shape index (κ1) is 14.7. The Labute approximate surface area is 124 Å². The number of aryl methyl sites for hydroxylation is 1. The first-order valence-corrected chi connectivity index (χ1v) is 7.68. The van der Waals surface area contributed by atoms with Gasteiger partial charge in [0.15, 0.2) is 0 Å². The predicted molar refractivity (Wildman–Crippen MR) is 84.1 cm³/mol. The lowest BCUT2D eigenvalue weighted by Crippen LogP contribution is -2.36. The van der Waals surface area contributed by atoms with Crippen molar-refractivity contribution in [3.05, 3.63) is 40.9 Å². The van der Waals surface area contributed by atoms with Gasteiger partial charge < -0.3 is 5.32 Å². The highest BCUT2D eigenvalue weighted by Gasteiger charge is 2.15. The maximum absolute atomic E-state index is 12.1. The average Bonchev–Trinajstić information content (AvgIpc) is 2.89. The van der Waals surface area contributed by atoms with Gasteiger partial charge in [0, 0.05) is 17.0 Å². The lowest BCUT2D eigenvalue weighted by atomic mass is 10.1. The van der Waals surface area contributed by atoms with Gasteiger partial charge in [0.1, 0.15) is 10.7 Å². The second-order valence-corrected chi connectivity index (χ2v) is 6.27. The Balaban J connectivity index is 2.12. The number of thiazole rings is 1. The maximum atomic E-state index is 12.1. The summed E-state index contributed by atoms with van der Waals surface area (Å²) in [5.74, 6) is 0.315. The fourth-order valence-corrected chi connectivity index (χ4v) is 2.46. The zero-order valence-corrected chi connectivity index (χ0v) is 13.1. The van der Waals surface area contributed by atoms with E-state index in [1.165, 1.54) is 16.9 Å². The lowest BCUT2D eigenvalue weighted by Gasteiger charge is -2.16. The minimum atomic E-state index is -0.0965. The van der Waals surface area contributed by atoms with Crippen LogP contribution >= 0.6 is 11.3 Å². The van der Waals surface area contributed by atoms with Crippen molar-refractivity contribution in [2.24, 2.45) is 5.92 Å². The zero-order chi connectivity index (χ0) is 14.7. The van der Waals surface area contributed by atoms with E-state index in [0.717, 1.165) is 10.6 Å². The van der Waals surface area contributed by atoms with E-state index >= 15 is 0 Å². The number of aromatic nitrogens is 1. The van der Waals surface area contributed by atoms with Crippen LogP contribution in [-0.4, -0.2) is 16.9 Å². The number of amides is 1. The van der Waals surface area contributed by atoms with Gasteiger partial charge in [0.05, 0.1) is 0 Å². The zero-order valence-electron chi connectivity index (χ0n) is 12.3. The van der Waals surface area contributed by atoms with Crippen LogP contribution in [0.4, 0.5) is 0 Å². The minimum absolute atomic E-state index is 0.0965. The third kappa shape index (κ3) is 3.45. The van der Waals surface area contributed by atoms with Crippen LogP contribution in [0.5, 0.6) is 0 Å². The number of rotatable bonds is 4. The normalized spacial score (nSPS) is 12.4. The number of carbonyl (C=O) groups is 1. The highest BCUT2D eigenvalue weighted by atomic mass is 32.1. The van der Waals surface area contributed by atoms with Gasteiger partial charge in [-0.05, 0) is 19.8 Å². The van der Waals surface area contributed by atoms with Gasteiger partial charge in [-0.25, -0.2) is 4.98 Å². The summed E-state index contributed by atoms with van der Waals surface area (Å²) in [7, 11) is 0. The quantitative estimate of drug-likeness (QED) is 0.927. The van der Waals surface area contributed by atoms with E-state index in [1.807, 2.05) is 24.4 Å². The lowest BCUT2D eigenvalue weighted by molar-refractivity contribution is 0.0926.